The SMILES string of the molecule is CC(C)(C)C1CCc2c(sc(NC(=O)c3ccc(F)cc3)c2C(=O)Nc2ccccc2C(F)(F)F)C1. The van der Waals surface area contributed by atoms with Crippen LogP contribution in [0.1, 0.15) is 63.9 Å². The highest BCUT2D eigenvalue weighted by molar-refractivity contribution is 7.17. The summed E-state index contributed by atoms with van der Waals surface area (Å²) in [6, 6.07) is 9.75. The number of carbonyl (C=O) groups excluding carboxylic acids is 2. The summed E-state index contributed by atoms with van der Waals surface area (Å²) in [5.41, 5.74) is -0.148. The third-order valence-electron chi connectivity index (χ3n) is 6.53. The first-order valence-corrected chi connectivity index (χ1v) is 12.3. The second kappa shape index (κ2) is 9.69. The fraction of sp³-hybridized carbons (Fsp3) is 0.333. The molecule has 1 aliphatic carbocycles. The van der Waals surface area contributed by atoms with Gasteiger partial charge >= 0.3 is 6.18 Å². The van der Waals surface area contributed by atoms with E-state index in [9.17, 15) is 27.2 Å². The molecule has 1 unspecified atom stereocenters. The molecular weight excluding hydrogens is 492 g/mol. The van der Waals surface area contributed by atoms with Gasteiger partial charge in [0, 0.05) is 10.4 Å². The van der Waals surface area contributed by atoms with Crippen molar-refractivity contribution in [2.24, 2.45) is 11.3 Å². The first-order chi connectivity index (χ1) is 16.8. The molecule has 1 aliphatic rings. The summed E-state index contributed by atoms with van der Waals surface area (Å²) in [5, 5.41) is 5.43. The Bertz CT molecular complexity index is 1290. The van der Waals surface area contributed by atoms with E-state index in [-0.39, 0.29) is 27.2 Å². The van der Waals surface area contributed by atoms with Crippen LogP contribution in [0.3, 0.4) is 0 Å². The van der Waals surface area contributed by atoms with Crippen LogP contribution in [0.25, 0.3) is 0 Å². The Morgan fingerprint density at radius 3 is 2.25 bits per heavy atom. The first kappa shape index (κ1) is 25.9. The number of halogens is 4. The van der Waals surface area contributed by atoms with E-state index < -0.39 is 29.4 Å². The summed E-state index contributed by atoms with van der Waals surface area (Å²) < 4.78 is 53.8. The number of hydrogen-bond donors (Lipinski definition) is 2. The minimum atomic E-state index is -4.64. The molecule has 2 amide bonds. The zero-order chi connectivity index (χ0) is 26.3. The lowest BCUT2D eigenvalue weighted by Crippen LogP contribution is -2.27. The minimum absolute atomic E-state index is 0.0350. The molecule has 3 aromatic rings. The molecule has 0 saturated carbocycles. The minimum Gasteiger partial charge on any atom is -0.321 e. The lowest BCUT2D eigenvalue weighted by Gasteiger charge is -2.33. The van der Waals surface area contributed by atoms with Crippen LogP contribution in [-0.2, 0) is 19.0 Å². The number of carbonyl (C=O) groups is 2. The molecule has 9 heteroatoms. The molecule has 1 aromatic heterocycles. The monoisotopic (exact) mass is 518 g/mol. The van der Waals surface area contributed by atoms with Gasteiger partial charge < -0.3 is 10.6 Å². The van der Waals surface area contributed by atoms with Crippen molar-refractivity contribution in [3.8, 4) is 0 Å². The fourth-order valence-corrected chi connectivity index (χ4v) is 5.77. The maximum atomic E-state index is 13.5. The first-order valence-electron chi connectivity index (χ1n) is 11.5. The average Bonchev–Trinajstić information content (AvgIpc) is 3.15. The molecule has 0 saturated heterocycles. The van der Waals surface area contributed by atoms with Gasteiger partial charge in [0.05, 0.1) is 16.8 Å². The van der Waals surface area contributed by atoms with Crippen LogP contribution in [0.5, 0.6) is 0 Å². The third kappa shape index (κ3) is 5.46. The molecule has 4 rings (SSSR count). The number of amides is 2. The predicted octanol–water partition coefficient (Wildman–Crippen LogP) is 7.56. The molecule has 0 fully saturated rings. The van der Waals surface area contributed by atoms with E-state index in [2.05, 4.69) is 31.4 Å². The zero-order valence-electron chi connectivity index (χ0n) is 20.1. The fourth-order valence-electron chi connectivity index (χ4n) is 4.45. The molecule has 1 atom stereocenters. The Morgan fingerprint density at radius 2 is 1.61 bits per heavy atom. The summed E-state index contributed by atoms with van der Waals surface area (Å²) in [4.78, 5) is 27.2. The molecule has 0 radical (unpaired) electrons. The van der Waals surface area contributed by atoms with Crippen LogP contribution in [0.2, 0.25) is 0 Å². The summed E-state index contributed by atoms with van der Waals surface area (Å²) >= 11 is 1.27. The highest BCUT2D eigenvalue weighted by Crippen LogP contribution is 2.45. The van der Waals surface area contributed by atoms with E-state index in [1.807, 2.05) is 0 Å². The molecule has 36 heavy (non-hydrogen) atoms. The number of hydrogen-bond acceptors (Lipinski definition) is 3. The molecule has 0 aliphatic heterocycles. The lowest BCUT2D eigenvalue weighted by molar-refractivity contribution is -0.136. The van der Waals surface area contributed by atoms with Gasteiger partial charge in [0.2, 0.25) is 0 Å². The van der Waals surface area contributed by atoms with Gasteiger partial charge in [-0.1, -0.05) is 32.9 Å². The second-order valence-corrected chi connectivity index (χ2v) is 11.1. The van der Waals surface area contributed by atoms with Crippen LogP contribution in [0.4, 0.5) is 28.3 Å². The number of rotatable bonds is 4. The summed E-state index contributed by atoms with van der Waals surface area (Å²) in [5.74, 6) is -1.39. The van der Waals surface area contributed by atoms with Crippen molar-refractivity contribution in [1.82, 2.24) is 0 Å². The van der Waals surface area contributed by atoms with Gasteiger partial charge in [0.25, 0.3) is 11.8 Å². The molecule has 190 valence electrons. The third-order valence-corrected chi connectivity index (χ3v) is 7.70. The van der Waals surface area contributed by atoms with E-state index in [4.69, 9.17) is 0 Å². The maximum absolute atomic E-state index is 13.5. The molecular formula is C27H26F4N2O2S. The van der Waals surface area contributed by atoms with Crippen molar-refractivity contribution in [3.05, 3.63) is 81.5 Å². The van der Waals surface area contributed by atoms with E-state index in [1.165, 1.54) is 41.7 Å². The van der Waals surface area contributed by atoms with Crippen LogP contribution in [0, 0.1) is 17.2 Å². The molecule has 0 bridgehead atoms. The van der Waals surface area contributed by atoms with E-state index in [0.29, 0.717) is 18.8 Å². The lowest BCUT2D eigenvalue weighted by atomic mass is 9.72. The van der Waals surface area contributed by atoms with Crippen molar-refractivity contribution >= 4 is 33.8 Å². The largest absolute Gasteiger partial charge is 0.418 e. The van der Waals surface area contributed by atoms with Crippen molar-refractivity contribution in [2.45, 2.75) is 46.2 Å². The van der Waals surface area contributed by atoms with Crippen molar-refractivity contribution in [2.75, 3.05) is 10.6 Å². The number of fused-ring (bicyclic) bond motifs is 1. The van der Waals surface area contributed by atoms with Gasteiger partial charge in [-0.2, -0.15) is 13.2 Å². The topological polar surface area (TPSA) is 58.2 Å². The smallest absolute Gasteiger partial charge is 0.321 e. The van der Waals surface area contributed by atoms with Gasteiger partial charge in [-0.15, -0.1) is 11.3 Å². The Morgan fingerprint density at radius 1 is 0.944 bits per heavy atom. The zero-order valence-corrected chi connectivity index (χ0v) is 20.9. The van der Waals surface area contributed by atoms with E-state index >= 15 is 0 Å². The summed E-state index contributed by atoms with van der Waals surface area (Å²) in [7, 11) is 0. The van der Waals surface area contributed by atoms with Crippen LogP contribution < -0.4 is 10.6 Å². The van der Waals surface area contributed by atoms with Crippen LogP contribution in [-0.4, -0.2) is 11.8 Å². The number of anilines is 2. The predicted molar refractivity (Wildman–Crippen MR) is 133 cm³/mol. The number of thiophene rings is 1. The Hall–Kier alpha value is -3.20. The summed E-state index contributed by atoms with van der Waals surface area (Å²) in [6.45, 7) is 6.44. The Labute approximate surface area is 210 Å². The van der Waals surface area contributed by atoms with Crippen LogP contribution in [0.15, 0.2) is 48.5 Å². The van der Waals surface area contributed by atoms with Crippen molar-refractivity contribution in [3.63, 3.8) is 0 Å². The van der Waals surface area contributed by atoms with Gasteiger partial charge in [-0.25, -0.2) is 4.39 Å². The van der Waals surface area contributed by atoms with E-state index in [1.54, 1.807) is 0 Å². The highest BCUT2D eigenvalue weighted by Gasteiger charge is 2.36. The van der Waals surface area contributed by atoms with Gasteiger partial charge in [-0.05, 0) is 72.6 Å². The highest BCUT2D eigenvalue weighted by atomic mass is 32.1. The number of nitrogens with one attached hydrogen (secondary N) is 2. The van der Waals surface area contributed by atoms with Gasteiger partial charge in [0.15, 0.2) is 0 Å². The quantitative estimate of drug-likeness (QED) is 0.350. The van der Waals surface area contributed by atoms with Crippen LogP contribution >= 0.6 is 11.3 Å². The molecule has 0 spiro atoms. The second-order valence-electron chi connectivity index (χ2n) is 9.97. The number of para-hydroxylation sites is 1. The molecule has 2 N–H and O–H groups in total. The summed E-state index contributed by atoms with van der Waals surface area (Å²) in [6.07, 6.45) is -2.55. The van der Waals surface area contributed by atoms with Crippen molar-refractivity contribution in [1.29, 1.82) is 0 Å². The molecule has 1 heterocycles. The average molecular weight is 519 g/mol. The molecule has 2 aromatic carbocycles. The number of alkyl halides is 3. The van der Waals surface area contributed by atoms with Crippen molar-refractivity contribution < 1.29 is 27.2 Å². The Balaban J connectivity index is 1.71. The molecule has 4 nitrogen and oxygen atoms in total. The van der Waals surface area contributed by atoms with E-state index in [0.717, 1.165) is 35.1 Å². The van der Waals surface area contributed by atoms with Gasteiger partial charge in [-0.3, -0.25) is 9.59 Å². The Kier molecular flexibility index (Phi) is 6.96. The standard InChI is InChI=1S/C27H26F4N2O2S/c1-26(2,3)16-10-13-18-21(14-16)36-25(33-23(34)15-8-11-17(28)12-9-15)22(18)24(35)32-20-7-5-4-6-19(20)27(29,30)31/h4-9,11-12,16H,10,13-14H2,1-3H3,(H,32,35)(H,33,34). The number of benzene rings is 2. The maximum Gasteiger partial charge on any atom is 0.418 e. The normalized spacial score (nSPS) is 15.8. The van der Waals surface area contributed by atoms with Gasteiger partial charge in [0.1, 0.15) is 10.8 Å².